The first-order valence-electron chi connectivity index (χ1n) is 7.64. The van der Waals surface area contributed by atoms with Gasteiger partial charge in [0.25, 0.3) is 0 Å². The summed E-state index contributed by atoms with van der Waals surface area (Å²) < 4.78 is 7.44. The second kappa shape index (κ2) is 7.67. The van der Waals surface area contributed by atoms with E-state index < -0.39 is 0 Å². The minimum Gasteiger partial charge on any atom is -0.383 e. The Morgan fingerprint density at radius 1 is 1.20 bits per heavy atom. The number of anilines is 1. The molecule has 0 saturated carbocycles. The molecule has 1 aromatic rings. The number of rotatable bonds is 8. The van der Waals surface area contributed by atoms with Crippen molar-refractivity contribution in [3.05, 3.63) is 11.9 Å². The molecule has 0 aliphatic carbocycles. The second-order valence-electron chi connectivity index (χ2n) is 6.51. The Hall–Kier alpha value is -1.03. The molecule has 20 heavy (non-hydrogen) atoms. The van der Waals surface area contributed by atoms with Gasteiger partial charge in [0.1, 0.15) is 0 Å². The number of hydrogen-bond donors (Lipinski definition) is 1. The maximum Gasteiger partial charge on any atom is 0.203 e. The van der Waals surface area contributed by atoms with E-state index in [0.29, 0.717) is 24.4 Å². The molecule has 0 saturated heterocycles. The SMILES string of the molecule is COCC(C)Nc1nc(C)cn1CC(C(C)C)C(C)C. The van der Waals surface area contributed by atoms with Crippen LogP contribution in [0.4, 0.5) is 5.95 Å². The van der Waals surface area contributed by atoms with E-state index in [0.717, 1.165) is 18.2 Å². The normalized spacial score (nSPS) is 13.5. The van der Waals surface area contributed by atoms with Gasteiger partial charge in [0.05, 0.1) is 12.3 Å². The maximum absolute atomic E-state index is 5.18. The standard InChI is InChI=1S/C16H31N3O/c1-11(2)15(12(3)4)9-19-8-13(5)17-16(19)18-14(6)10-20-7/h8,11-12,14-15H,9-10H2,1-7H3,(H,17,18). The Balaban J connectivity index is 2.83. The van der Waals surface area contributed by atoms with Crippen LogP contribution in [0.25, 0.3) is 0 Å². The van der Waals surface area contributed by atoms with Crippen LogP contribution in [0.1, 0.15) is 40.3 Å². The lowest BCUT2D eigenvalue weighted by Gasteiger charge is -2.26. The number of methoxy groups -OCH3 is 1. The summed E-state index contributed by atoms with van der Waals surface area (Å²) in [7, 11) is 1.73. The first-order valence-corrected chi connectivity index (χ1v) is 7.64. The molecule has 0 aliphatic heterocycles. The summed E-state index contributed by atoms with van der Waals surface area (Å²) in [5.74, 6) is 2.95. The van der Waals surface area contributed by atoms with E-state index in [9.17, 15) is 0 Å². The van der Waals surface area contributed by atoms with Gasteiger partial charge in [-0.25, -0.2) is 4.98 Å². The highest BCUT2D eigenvalue weighted by molar-refractivity contribution is 5.30. The smallest absolute Gasteiger partial charge is 0.203 e. The Morgan fingerprint density at radius 3 is 2.30 bits per heavy atom. The first-order chi connectivity index (χ1) is 9.35. The lowest BCUT2D eigenvalue weighted by Crippen LogP contribution is -2.26. The number of ether oxygens (including phenoxy) is 1. The Kier molecular flexibility index (Phi) is 6.53. The molecule has 1 heterocycles. The molecule has 0 radical (unpaired) electrons. The molecule has 116 valence electrons. The van der Waals surface area contributed by atoms with Crippen LogP contribution in [0.15, 0.2) is 6.20 Å². The number of nitrogens with one attached hydrogen (secondary N) is 1. The summed E-state index contributed by atoms with van der Waals surface area (Å²) in [6, 6.07) is 0.261. The van der Waals surface area contributed by atoms with Crippen molar-refractivity contribution in [3.63, 3.8) is 0 Å². The van der Waals surface area contributed by atoms with Gasteiger partial charge >= 0.3 is 0 Å². The number of aryl methyl sites for hydroxylation is 1. The monoisotopic (exact) mass is 281 g/mol. The summed E-state index contributed by atoms with van der Waals surface area (Å²) in [6.07, 6.45) is 2.14. The number of nitrogens with zero attached hydrogens (tertiary/aromatic N) is 2. The molecule has 0 aromatic carbocycles. The zero-order valence-corrected chi connectivity index (χ0v) is 14.1. The highest BCUT2D eigenvalue weighted by atomic mass is 16.5. The molecular weight excluding hydrogens is 250 g/mol. The minimum atomic E-state index is 0.261. The Bertz CT molecular complexity index is 390. The van der Waals surface area contributed by atoms with Crippen molar-refractivity contribution in [2.75, 3.05) is 19.0 Å². The highest BCUT2D eigenvalue weighted by Crippen LogP contribution is 2.24. The van der Waals surface area contributed by atoms with Gasteiger partial charge < -0.3 is 14.6 Å². The highest BCUT2D eigenvalue weighted by Gasteiger charge is 2.20. The topological polar surface area (TPSA) is 39.1 Å². The average molecular weight is 281 g/mol. The van der Waals surface area contributed by atoms with E-state index in [2.05, 4.69) is 55.7 Å². The predicted molar refractivity (Wildman–Crippen MR) is 85.1 cm³/mol. The molecule has 0 aliphatic rings. The van der Waals surface area contributed by atoms with Crippen molar-refractivity contribution in [2.24, 2.45) is 17.8 Å². The number of imidazole rings is 1. The van der Waals surface area contributed by atoms with Gasteiger partial charge in [-0.2, -0.15) is 0 Å². The summed E-state index contributed by atoms with van der Waals surface area (Å²) in [5, 5.41) is 3.44. The summed E-state index contributed by atoms with van der Waals surface area (Å²) in [6.45, 7) is 15.1. The molecule has 0 spiro atoms. The quantitative estimate of drug-likeness (QED) is 0.792. The summed E-state index contributed by atoms with van der Waals surface area (Å²) >= 11 is 0. The van der Waals surface area contributed by atoms with Crippen molar-refractivity contribution in [1.29, 1.82) is 0 Å². The van der Waals surface area contributed by atoms with Gasteiger partial charge in [0, 0.05) is 25.9 Å². The lowest BCUT2D eigenvalue weighted by atomic mass is 9.85. The number of aromatic nitrogens is 2. The van der Waals surface area contributed by atoms with Crippen LogP contribution >= 0.6 is 0 Å². The van der Waals surface area contributed by atoms with Crippen molar-refractivity contribution in [3.8, 4) is 0 Å². The molecule has 1 atom stereocenters. The molecule has 0 bridgehead atoms. The van der Waals surface area contributed by atoms with Gasteiger partial charge in [-0.15, -0.1) is 0 Å². The zero-order chi connectivity index (χ0) is 15.3. The van der Waals surface area contributed by atoms with Crippen LogP contribution in [0, 0.1) is 24.7 Å². The van der Waals surface area contributed by atoms with Crippen molar-refractivity contribution >= 4 is 5.95 Å². The first kappa shape index (κ1) is 17.0. The van der Waals surface area contributed by atoms with Crippen LogP contribution < -0.4 is 5.32 Å². The molecule has 1 rings (SSSR count). The van der Waals surface area contributed by atoms with Gasteiger partial charge in [-0.1, -0.05) is 27.7 Å². The van der Waals surface area contributed by atoms with Crippen molar-refractivity contribution < 1.29 is 4.74 Å². The summed E-state index contributed by atoms with van der Waals surface area (Å²) in [4.78, 5) is 4.60. The molecule has 1 N–H and O–H groups in total. The van der Waals surface area contributed by atoms with Crippen LogP contribution in [0.3, 0.4) is 0 Å². The predicted octanol–water partition coefficient (Wildman–Crippen LogP) is 3.57. The van der Waals surface area contributed by atoms with Gasteiger partial charge in [-0.05, 0) is 31.6 Å². The Morgan fingerprint density at radius 2 is 1.80 bits per heavy atom. The maximum atomic E-state index is 5.18. The van der Waals surface area contributed by atoms with Crippen molar-refractivity contribution in [1.82, 2.24) is 9.55 Å². The van der Waals surface area contributed by atoms with Crippen LogP contribution in [-0.4, -0.2) is 29.3 Å². The van der Waals surface area contributed by atoms with Crippen LogP contribution in [-0.2, 0) is 11.3 Å². The molecule has 4 nitrogen and oxygen atoms in total. The van der Waals surface area contributed by atoms with E-state index in [1.807, 2.05) is 6.92 Å². The largest absolute Gasteiger partial charge is 0.383 e. The molecule has 0 fully saturated rings. The fourth-order valence-electron chi connectivity index (χ4n) is 2.73. The fraction of sp³-hybridized carbons (Fsp3) is 0.812. The van der Waals surface area contributed by atoms with E-state index >= 15 is 0 Å². The third-order valence-corrected chi connectivity index (χ3v) is 3.81. The van der Waals surface area contributed by atoms with Gasteiger partial charge in [-0.3, -0.25) is 0 Å². The lowest BCUT2D eigenvalue weighted by molar-refractivity contribution is 0.189. The van der Waals surface area contributed by atoms with Crippen LogP contribution in [0.2, 0.25) is 0 Å². The minimum absolute atomic E-state index is 0.261. The molecular formula is C16H31N3O. The van der Waals surface area contributed by atoms with E-state index in [-0.39, 0.29) is 6.04 Å². The zero-order valence-electron chi connectivity index (χ0n) is 14.1. The van der Waals surface area contributed by atoms with Gasteiger partial charge in [0.15, 0.2) is 0 Å². The fourth-order valence-corrected chi connectivity index (χ4v) is 2.73. The Labute approximate surface area is 123 Å². The van der Waals surface area contributed by atoms with Crippen LogP contribution in [0.5, 0.6) is 0 Å². The number of hydrogen-bond acceptors (Lipinski definition) is 3. The van der Waals surface area contributed by atoms with Crippen molar-refractivity contribution in [2.45, 2.75) is 54.1 Å². The molecule has 4 heteroatoms. The van der Waals surface area contributed by atoms with E-state index in [1.165, 1.54) is 0 Å². The second-order valence-corrected chi connectivity index (χ2v) is 6.51. The van der Waals surface area contributed by atoms with E-state index in [4.69, 9.17) is 4.74 Å². The molecule has 1 unspecified atom stereocenters. The third-order valence-electron chi connectivity index (χ3n) is 3.81. The van der Waals surface area contributed by atoms with E-state index in [1.54, 1.807) is 7.11 Å². The third kappa shape index (κ3) is 4.82. The molecule has 0 amide bonds. The molecule has 1 aromatic heterocycles. The van der Waals surface area contributed by atoms with Gasteiger partial charge in [0.2, 0.25) is 5.95 Å². The summed E-state index contributed by atoms with van der Waals surface area (Å²) in [5.41, 5.74) is 1.06. The average Bonchev–Trinajstić information content (AvgIpc) is 2.65.